The predicted molar refractivity (Wildman–Crippen MR) is 60.8 cm³/mol. The van der Waals surface area contributed by atoms with Crippen molar-refractivity contribution in [2.24, 2.45) is 11.8 Å². The van der Waals surface area contributed by atoms with E-state index in [0.29, 0.717) is 12.3 Å². The molecule has 1 fully saturated rings. The van der Waals surface area contributed by atoms with E-state index in [2.05, 4.69) is 19.2 Å². The molecule has 0 saturated heterocycles. The monoisotopic (exact) mass is 213 g/mol. The van der Waals surface area contributed by atoms with Crippen LogP contribution in [0.4, 0.5) is 0 Å². The fourth-order valence-corrected chi connectivity index (χ4v) is 1.54. The van der Waals surface area contributed by atoms with Crippen LogP contribution in [0.15, 0.2) is 0 Å². The van der Waals surface area contributed by atoms with E-state index in [4.69, 9.17) is 0 Å². The molecular weight excluding hydrogens is 190 g/mol. The van der Waals surface area contributed by atoms with Gasteiger partial charge in [-0.05, 0) is 51.0 Å². The van der Waals surface area contributed by atoms with Gasteiger partial charge in [0.05, 0.1) is 0 Å². The van der Waals surface area contributed by atoms with Gasteiger partial charge < -0.3 is 10.4 Å². The average molecular weight is 213 g/mol. The molecule has 1 rings (SSSR count). The number of carboxylic acid groups (broad SMARTS) is 1. The molecule has 1 saturated carbocycles. The van der Waals surface area contributed by atoms with Crippen molar-refractivity contribution < 1.29 is 9.90 Å². The highest BCUT2D eigenvalue weighted by atomic mass is 16.4. The Hall–Kier alpha value is -0.570. The van der Waals surface area contributed by atoms with E-state index in [-0.39, 0.29) is 0 Å². The van der Waals surface area contributed by atoms with Crippen LogP contribution in [0.1, 0.15) is 46.5 Å². The van der Waals surface area contributed by atoms with Crippen molar-refractivity contribution in [3.8, 4) is 0 Å². The fourth-order valence-electron chi connectivity index (χ4n) is 1.54. The normalized spacial score (nSPS) is 20.3. The minimum Gasteiger partial charge on any atom is -0.480 e. The zero-order valence-electron chi connectivity index (χ0n) is 10.0. The first-order valence-corrected chi connectivity index (χ1v) is 5.92. The van der Waals surface area contributed by atoms with Crippen LogP contribution < -0.4 is 5.32 Å². The van der Waals surface area contributed by atoms with Gasteiger partial charge in [0.15, 0.2) is 0 Å². The molecule has 0 aromatic heterocycles. The summed E-state index contributed by atoms with van der Waals surface area (Å²) in [4.78, 5) is 11.2. The lowest BCUT2D eigenvalue weighted by molar-refractivity contribution is -0.144. The first kappa shape index (κ1) is 12.5. The molecule has 0 aromatic rings. The molecule has 0 amide bonds. The molecule has 1 aliphatic rings. The van der Waals surface area contributed by atoms with Crippen LogP contribution in [0.25, 0.3) is 0 Å². The van der Waals surface area contributed by atoms with Gasteiger partial charge in [0, 0.05) is 0 Å². The molecular formula is C12H23NO2. The largest absolute Gasteiger partial charge is 0.480 e. The van der Waals surface area contributed by atoms with E-state index in [1.165, 1.54) is 12.8 Å². The van der Waals surface area contributed by atoms with Gasteiger partial charge in [0.25, 0.3) is 0 Å². The number of carboxylic acids is 1. The van der Waals surface area contributed by atoms with Crippen molar-refractivity contribution >= 4 is 5.97 Å². The highest BCUT2D eigenvalue weighted by Crippen LogP contribution is 2.29. The third kappa shape index (κ3) is 4.20. The van der Waals surface area contributed by atoms with Crippen LogP contribution in [0, 0.1) is 11.8 Å². The minimum atomic E-state index is -0.729. The molecule has 1 atom stereocenters. The lowest BCUT2D eigenvalue weighted by Gasteiger charge is -2.27. The van der Waals surface area contributed by atoms with Crippen molar-refractivity contribution in [1.82, 2.24) is 5.32 Å². The molecule has 0 aromatic carbocycles. The molecule has 1 aliphatic carbocycles. The summed E-state index contributed by atoms with van der Waals surface area (Å²) in [6.45, 7) is 6.92. The predicted octanol–water partition coefficient (Wildman–Crippen LogP) is 2.27. The summed E-state index contributed by atoms with van der Waals surface area (Å²) in [6.07, 6.45) is 4.19. The third-order valence-corrected chi connectivity index (χ3v) is 3.17. The standard InChI is InChI=1S/C12H23NO2/c1-9(2)6-7-12(3,11(14)15)13-8-10-4-5-10/h9-10,13H,4-8H2,1-3H3,(H,14,15). The fraction of sp³-hybridized carbons (Fsp3) is 0.917. The molecule has 2 N–H and O–H groups in total. The summed E-state index contributed by atoms with van der Waals surface area (Å²) in [7, 11) is 0. The van der Waals surface area contributed by atoms with Gasteiger partial charge in [-0.1, -0.05) is 13.8 Å². The third-order valence-electron chi connectivity index (χ3n) is 3.17. The summed E-state index contributed by atoms with van der Waals surface area (Å²) in [6, 6.07) is 0. The lowest BCUT2D eigenvalue weighted by atomic mass is 9.92. The van der Waals surface area contributed by atoms with Gasteiger partial charge in [0.2, 0.25) is 0 Å². The van der Waals surface area contributed by atoms with E-state index in [1.54, 1.807) is 6.92 Å². The Labute approximate surface area is 92.3 Å². The molecule has 0 heterocycles. The van der Waals surface area contributed by atoms with Crippen LogP contribution in [0.5, 0.6) is 0 Å². The highest BCUT2D eigenvalue weighted by molar-refractivity contribution is 5.78. The molecule has 1 unspecified atom stereocenters. The maximum Gasteiger partial charge on any atom is 0.323 e. The van der Waals surface area contributed by atoms with Gasteiger partial charge in [-0.3, -0.25) is 4.79 Å². The van der Waals surface area contributed by atoms with Crippen molar-refractivity contribution in [3.05, 3.63) is 0 Å². The topological polar surface area (TPSA) is 49.3 Å². The molecule has 3 heteroatoms. The number of carbonyl (C=O) groups is 1. The summed E-state index contributed by atoms with van der Waals surface area (Å²) in [5.41, 5.74) is -0.729. The smallest absolute Gasteiger partial charge is 0.323 e. The first-order valence-electron chi connectivity index (χ1n) is 5.92. The van der Waals surface area contributed by atoms with E-state index < -0.39 is 11.5 Å². The number of aliphatic carboxylic acids is 1. The van der Waals surface area contributed by atoms with Gasteiger partial charge >= 0.3 is 5.97 Å². The second-order valence-electron chi connectivity index (χ2n) is 5.39. The van der Waals surface area contributed by atoms with Crippen molar-refractivity contribution in [2.45, 2.75) is 52.0 Å². The Morgan fingerprint density at radius 3 is 2.53 bits per heavy atom. The maximum absolute atomic E-state index is 11.2. The Balaban J connectivity index is 2.39. The zero-order valence-corrected chi connectivity index (χ0v) is 10.0. The zero-order chi connectivity index (χ0) is 11.5. The van der Waals surface area contributed by atoms with Crippen molar-refractivity contribution in [2.75, 3.05) is 6.54 Å². The highest BCUT2D eigenvalue weighted by Gasteiger charge is 2.34. The Bertz CT molecular complexity index is 216. The lowest BCUT2D eigenvalue weighted by Crippen LogP contribution is -2.50. The quantitative estimate of drug-likeness (QED) is 0.682. The molecule has 88 valence electrons. The van der Waals surface area contributed by atoms with Gasteiger partial charge in [-0.15, -0.1) is 0 Å². The van der Waals surface area contributed by atoms with Crippen LogP contribution in [-0.2, 0) is 4.79 Å². The second-order valence-corrected chi connectivity index (χ2v) is 5.39. The van der Waals surface area contributed by atoms with Crippen molar-refractivity contribution in [1.29, 1.82) is 0 Å². The Morgan fingerprint density at radius 1 is 1.53 bits per heavy atom. The summed E-state index contributed by atoms with van der Waals surface area (Å²) in [5, 5.41) is 12.4. The van der Waals surface area contributed by atoms with Gasteiger partial charge in [-0.2, -0.15) is 0 Å². The molecule has 0 spiro atoms. The van der Waals surface area contributed by atoms with E-state index >= 15 is 0 Å². The van der Waals surface area contributed by atoms with Crippen LogP contribution in [0.2, 0.25) is 0 Å². The SMILES string of the molecule is CC(C)CCC(C)(NCC1CC1)C(=O)O. The molecule has 15 heavy (non-hydrogen) atoms. The van der Waals surface area contributed by atoms with E-state index in [1.807, 2.05) is 0 Å². The van der Waals surface area contributed by atoms with E-state index in [9.17, 15) is 9.90 Å². The van der Waals surface area contributed by atoms with E-state index in [0.717, 1.165) is 18.9 Å². The summed E-state index contributed by atoms with van der Waals surface area (Å²) in [5.74, 6) is 0.568. The number of nitrogens with one attached hydrogen (secondary N) is 1. The Morgan fingerprint density at radius 2 is 2.13 bits per heavy atom. The van der Waals surface area contributed by atoms with Crippen LogP contribution in [-0.4, -0.2) is 23.2 Å². The van der Waals surface area contributed by atoms with Gasteiger partial charge in [-0.25, -0.2) is 0 Å². The number of hydrogen-bond donors (Lipinski definition) is 2. The van der Waals surface area contributed by atoms with Crippen LogP contribution >= 0.6 is 0 Å². The molecule has 0 aliphatic heterocycles. The summed E-state index contributed by atoms with van der Waals surface area (Å²) >= 11 is 0. The number of rotatable bonds is 7. The molecule has 0 bridgehead atoms. The van der Waals surface area contributed by atoms with Crippen molar-refractivity contribution in [3.63, 3.8) is 0 Å². The Kier molecular flexibility index (Phi) is 4.14. The average Bonchev–Trinajstić information content (AvgIpc) is 2.94. The minimum absolute atomic E-state index is 0.561. The second kappa shape index (κ2) is 4.97. The molecule has 0 radical (unpaired) electrons. The maximum atomic E-state index is 11.2. The first-order chi connectivity index (χ1) is 6.94. The number of hydrogen-bond acceptors (Lipinski definition) is 2. The van der Waals surface area contributed by atoms with Gasteiger partial charge in [0.1, 0.15) is 5.54 Å². The molecule has 3 nitrogen and oxygen atoms in total. The van der Waals surface area contributed by atoms with Crippen LogP contribution in [0.3, 0.4) is 0 Å². The summed E-state index contributed by atoms with van der Waals surface area (Å²) < 4.78 is 0.